The van der Waals surface area contributed by atoms with E-state index in [1.807, 2.05) is 31.2 Å². The molecule has 0 unspecified atom stereocenters. The molecule has 1 aromatic carbocycles. The Kier molecular flexibility index (Phi) is 7.52. The van der Waals surface area contributed by atoms with E-state index in [4.69, 9.17) is 15.2 Å². The molecule has 1 heterocycles. The maximum absolute atomic E-state index is 12.4. The van der Waals surface area contributed by atoms with Crippen molar-refractivity contribution in [3.63, 3.8) is 0 Å². The fourth-order valence-corrected chi connectivity index (χ4v) is 4.85. The Morgan fingerprint density at radius 3 is 2.55 bits per heavy atom. The van der Waals surface area contributed by atoms with Crippen LogP contribution in [-0.2, 0) is 17.6 Å². The molecule has 0 spiro atoms. The van der Waals surface area contributed by atoms with Crippen molar-refractivity contribution in [1.29, 1.82) is 0 Å². The molecule has 1 aliphatic carbocycles. The van der Waals surface area contributed by atoms with Crippen molar-refractivity contribution in [1.82, 2.24) is 0 Å². The summed E-state index contributed by atoms with van der Waals surface area (Å²) < 4.78 is 11.3. The monoisotopic (exact) mass is 416 g/mol. The molecule has 29 heavy (non-hydrogen) atoms. The number of amides is 2. The van der Waals surface area contributed by atoms with E-state index in [1.54, 1.807) is 0 Å². The quantitative estimate of drug-likeness (QED) is 0.471. The summed E-state index contributed by atoms with van der Waals surface area (Å²) in [4.78, 5) is 25.6. The van der Waals surface area contributed by atoms with Crippen LogP contribution >= 0.6 is 11.3 Å². The molecule has 3 rings (SSSR count). The van der Waals surface area contributed by atoms with Gasteiger partial charge < -0.3 is 20.5 Å². The van der Waals surface area contributed by atoms with E-state index < -0.39 is 5.91 Å². The lowest BCUT2D eigenvalue weighted by atomic mass is 10.1. The molecule has 0 aliphatic heterocycles. The second-order valence-electron chi connectivity index (χ2n) is 7.01. The fourth-order valence-electron chi connectivity index (χ4n) is 3.54. The molecule has 7 heteroatoms. The van der Waals surface area contributed by atoms with Gasteiger partial charge in [0.15, 0.2) is 11.5 Å². The molecule has 2 amide bonds. The first-order valence-electron chi connectivity index (χ1n) is 10.2. The predicted octanol–water partition coefficient (Wildman–Crippen LogP) is 4.31. The van der Waals surface area contributed by atoms with Crippen LogP contribution in [0.25, 0.3) is 0 Å². The van der Waals surface area contributed by atoms with Gasteiger partial charge in [0, 0.05) is 11.3 Å². The molecule has 0 radical (unpaired) electrons. The number of benzene rings is 1. The zero-order valence-corrected chi connectivity index (χ0v) is 17.6. The molecular formula is C22H28N2O4S. The number of rotatable bonds is 9. The Morgan fingerprint density at radius 2 is 1.83 bits per heavy atom. The van der Waals surface area contributed by atoms with Gasteiger partial charge in [-0.05, 0) is 56.7 Å². The molecule has 0 saturated carbocycles. The highest BCUT2D eigenvalue weighted by Gasteiger charge is 2.24. The van der Waals surface area contributed by atoms with Gasteiger partial charge in [-0.15, -0.1) is 11.3 Å². The van der Waals surface area contributed by atoms with Crippen LogP contribution in [0.1, 0.15) is 59.8 Å². The number of hydrogen-bond acceptors (Lipinski definition) is 5. The number of carbonyl (C=O) groups excluding carboxylic acids is 2. The zero-order valence-electron chi connectivity index (χ0n) is 16.8. The number of anilines is 1. The second-order valence-corrected chi connectivity index (χ2v) is 8.12. The number of thiophene rings is 1. The largest absolute Gasteiger partial charge is 0.490 e. The maximum Gasteiger partial charge on any atom is 0.251 e. The molecule has 1 aliphatic rings. The number of para-hydroxylation sites is 2. The number of nitrogens with one attached hydrogen (secondary N) is 1. The van der Waals surface area contributed by atoms with Gasteiger partial charge in [-0.2, -0.15) is 0 Å². The van der Waals surface area contributed by atoms with Crippen molar-refractivity contribution in [2.45, 2.75) is 51.9 Å². The minimum absolute atomic E-state index is 0.134. The van der Waals surface area contributed by atoms with Gasteiger partial charge in [-0.25, -0.2) is 0 Å². The molecule has 3 N–H and O–H groups in total. The van der Waals surface area contributed by atoms with E-state index >= 15 is 0 Å². The van der Waals surface area contributed by atoms with Crippen LogP contribution in [0.15, 0.2) is 24.3 Å². The summed E-state index contributed by atoms with van der Waals surface area (Å²) in [5, 5.41) is 3.49. The lowest BCUT2D eigenvalue weighted by Crippen LogP contribution is -2.18. The number of hydrogen-bond donors (Lipinski definition) is 2. The molecule has 6 nitrogen and oxygen atoms in total. The van der Waals surface area contributed by atoms with Crippen molar-refractivity contribution in [2.75, 3.05) is 18.5 Å². The number of fused-ring (bicyclic) bond motifs is 1. The Labute approximate surface area is 175 Å². The zero-order chi connectivity index (χ0) is 20.6. The van der Waals surface area contributed by atoms with Crippen LogP contribution in [0.5, 0.6) is 11.5 Å². The first kappa shape index (κ1) is 21.2. The number of primary amides is 1. The van der Waals surface area contributed by atoms with E-state index in [-0.39, 0.29) is 5.91 Å². The van der Waals surface area contributed by atoms with Gasteiger partial charge in [0.25, 0.3) is 5.91 Å². The highest BCUT2D eigenvalue weighted by atomic mass is 32.1. The third-order valence-electron chi connectivity index (χ3n) is 4.88. The number of carbonyl (C=O) groups is 2. The Bertz CT molecular complexity index is 862. The average Bonchev–Trinajstić information content (AvgIpc) is 2.87. The highest BCUT2D eigenvalue weighted by molar-refractivity contribution is 7.17. The van der Waals surface area contributed by atoms with Gasteiger partial charge in [-0.1, -0.05) is 18.6 Å². The topological polar surface area (TPSA) is 90.7 Å². The maximum atomic E-state index is 12.4. The van der Waals surface area contributed by atoms with E-state index in [9.17, 15) is 9.59 Å². The fraction of sp³-hybridized carbons (Fsp3) is 0.455. The third kappa shape index (κ3) is 5.50. The molecule has 0 bridgehead atoms. The summed E-state index contributed by atoms with van der Waals surface area (Å²) in [6.45, 7) is 2.89. The molecule has 0 atom stereocenters. The predicted molar refractivity (Wildman–Crippen MR) is 115 cm³/mol. The minimum Gasteiger partial charge on any atom is -0.490 e. The summed E-state index contributed by atoms with van der Waals surface area (Å²) in [5.74, 6) is 0.777. The second kappa shape index (κ2) is 10.3. The molecule has 2 aromatic rings. The number of ether oxygens (including phenoxy) is 2. The minimum atomic E-state index is -0.462. The lowest BCUT2D eigenvalue weighted by Gasteiger charge is -2.11. The molecule has 1 aromatic heterocycles. The highest BCUT2D eigenvalue weighted by Crippen LogP contribution is 2.37. The van der Waals surface area contributed by atoms with E-state index in [0.717, 1.165) is 37.7 Å². The van der Waals surface area contributed by atoms with Crippen LogP contribution in [-0.4, -0.2) is 25.0 Å². The van der Waals surface area contributed by atoms with Crippen LogP contribution in [0.3, 0.4) is 0 Å². The number of aryl methyl sites for hydroxylation is 1. The van der Waals surface area contributed by atoms with Gasteiger partial charge in [-0.3, -0.25) is 9.59 Å². The average molecular weight is 417 g/mol. The van der Waals surface area contributed by atoms with Crippen LogP contribution < -0.4 is 20.5 Å². The van der Waals surface area contributed by atoms with E-state index in [1.165, 1.54) is 16.2 Å². The first-order chi connectivity index (χ1) is 14.1. The Balaban J connectivity index is 1.54. The molecular weight excluding hydrogens is 388 g/mol. The summed E-state index contributed by atoms with van der Waals surface area (Å²) in [6, 6.07) is 7.49. The summed E-state index contributed by atoms with van der Waals surface area (Å²) in [6.07, 6.45) is 5.99. The smallest absolute Gasteiger partial charge is 0.251 e. The number of nitrogens with two attached hydrogens (primary N) is 1. The summed E-state index contributed by atoms with van der Waals surface area (Å²) >= 11 is 1.49. The lowest BCUT2D eigenvalue weighted by molar-refractivity contribution is -0.116. The molecule has 156 valence electrons. The van der Waals surface area contributed by atoms with Crippen LogP contribution in [0.2, 0.25) is 0 Å². The van der Waals surface area contributed by atoms with Gasteiger partial charge >= 0.3 is 0 Å². The van der Waals surface area contributed by atoms with Crippen molar-refractivity contribution in [2.24, 2.45) is 5.73 Å². The first-order valence-corrected chi connectivity index (χ1v) is 11.0. The summed E-state index contributed by atoms with van der Waals surface area (Å²) in [7, 11) is 0. The summed E-state index contributed by atoms with van der Waals surface area (Å²) in [5.41, 5.74) is 7.15. The Morgan fingerprint density at radius 1 is 1.10 bits per heavy atom. The standard InChI is InChI=1S/C22H28N2O4S/c1-2-27-16-10-6-7-11-17(16)28-14-8-13-19(25)24-22-20(21(23)26)15-9-4-3-5-12-18(15)29-22/h6-7,10-11H,2-5,8-9,12-14H2,1H3,(H2,23,26)(H,24,25). The Hall–Kier alpha value is -2.54. The van der Waals surface area contributed by atoms with E-state index in [2.05, 4.69) is 5.32 Å². The van der Waals surface area contributed by atoms with Gasteiger partial charge in [0.05, 0.1) is 18.8 Å². The van der Waals surface area contributed by atoms with Gasteiger partial charge in [0.1, 0.15) is 5.00 Å². The SMILES string of the molecule is CCOc1ccccc1OCCCC(=O)Nc1sc2c(c1C(N)=O)CCCCC2. The van der Waals surface area contributed by atoms with Crippen LogP contribution in [0, 0.1) is 0 Å². The van der Waals surface area contributed by atoms with Crippen molar-refractivity contribution >= 4 is 28.2 Å². The van der Waals surface area contributed by atoms with Crippen molar-refractivity contribution in [3.8, 4) is 11.5 Å². The third-order valence-corrected chi connectivity index (χ3v) is 6.08. The van der Waals surface area contributed by atoms with E-state index in [0.29, 0.717) is 48.1 Å². The van der Waals surface area contributed by atoms with Crippen LogP contribution in [0.4, 0.5) is 5.00 Å². The van der Waals surface area contributed by atoms with Crippen molar-refractivity contribution < 1.29 is 19.1 Å². The van der Waals surface area contributed by atoms with Crippen molar-refractivity contribution in [3.05, 3.63) is 40.3 Å². The van der Waals surface area contributed by atoms with Gasteiger partial charge in [0.2, 0.25) is 5.91 Å². The molecule has 0 fully saturated rings. The molecule has 0 saturated heterocycles. The normalized spacial score (nSPS) is 13.3.